The minimum Gasteiger partial charge on any atom is -0.356 e. The maximum absolute atomic E-state index is 11.7. The topological polar surface area (TPSA) is 58.2 Å². The fourth-order valence-corrected chi connectivity index (χ4v) is 2.57. The molecule has 1 saturated carbocycles. The SMILES string of the molecule is O=C1CC(C(=O)NCC2CCCCC2)CN1. The molecule has 90 valence electrons. The minimum atomic E-state index is -0.143. The number of carbonyl (C=O) groups is 2. The summed E-state index contributed by atoms with van der Waals surface area (Å²) >= 11 is 0. The lowest BCUT2D eigenvalue weighted by Crippen LogP contribution is -2.35. The van der Waals surface area contributed by atoms with Crippen molar-refractivity contribution in [2.45, 2.75) is 38.5 Å². The van der Waals surface area contributed by atoms with Gasteiger partial charge in [0, 0.05) is 19.5 Å². The Morgan fingerprint density at radius 3 is 2.69 bits per heavy atom. The first kappa shape index (κ1) is 11.4. The van der Waals surface area contributed by atoms with Gasteiger partial charge >= 0.3 is 0 Å². The van der Waals surface area contributed by atoms with Crippen LogP contribution in [-0.4, -0.2) is 24.9 Å². The molecule has 1 unspecified atom stereocenters. The van der Waals surface area contributed by atoms with Gasteiger partial charge < -0.3 is 10.6 Å². The first-order valence-corrected chi connectivity index (χ1v) is 6.30. The summed E-state index contributed by atoms with van der Waals surface area (Å²) in [6.07, 6.45) is 6.76. The first-order chi connectivity index (χ1) is 7.75. The van der Waals surface area contributed by atoms with Crippen molar-refractivity contribution >= 4 is 11.8 Å². The third kappa shape index (κ3) is 2.97. The molecule has 2 aliphatic rings. The molecule has 0 aromatic rings. The van der Waals surface area contributed by atoms with Gasteiger partial charge in [-0.1, -0.05) is 19.3 Å². The van der Waals surface area contributed by atoms with E-state index in [2.05, 4.69) is 10.6 Å². The standard InChI is InChI=1S/C12H20N2O2/c15-11-6-10(8-13-11)12(16)14-7-9-4-2-1-3-5-9/h9-10H,1-8H2,(H,13,15)(H,14,16). The van der Waals surface area contributed by atoms with Crippen LogP contribution < -0.4 is 10.6 Å². The van der Waals surface area contributed by atoms with Gasteiger partial charge in [-0.05, 0) is 18.8 Å². The Bertz CT molecular complexity index is 272. The lowest BCUT2D eigenvalue weighted by atomic mass is 9.89. The average molecular weight is 224 g/mol. The molecular formula is C12H20N2O2. The molecule has 2 fully saturated rings. The normalized spacial score (nSPS) is 26.5. The zero-order chi connectivity index (χ0) is 11.4. The molecule has 1 heterocycles. The maximum Gasteiger partial charge on any atom is 0.225 e. The van der Waals surface area contributed by atoms with Crippen molar-refractivity contribution in [3.63, 3.8) is 0 Å². The molecular weight excluding hydrogens is 204 g/mol. The molecule has 0 aromatic heterocycles. The first-order valence-electron chi connectivity index (χ1n) is 6.30. The molecule has 0 radical (unpaired) electrons. The Balaban J connectivity index is 1.68. The van der Waals surface area contributed by atoms with Gasteiger partial charge in [0.15, 0.2) is 0 Å². The Morgan fingerprint density at radius 2 is 2.06 bits per heavy atom. The molecule has 0 bridgehead atoms. The number of amides is 2. The fraction of sp³-hybridized carbons (Fsp3) is 0.833. The van der Waals surface area contributed by atoms with Crippen LogP contribution in [0.4, 0.5) is 0 Å². The second kappa shape index (κ2) is 5.32. The van der Waals surface area contributed by atoms with Gasteiger partial charge in [0.05, 0.1) is 5.92 Å². The molecule has 2 N–H and O–H groups in total. The number of rotatable bonds is 3. The number of nitrogens with one attached hydrogen (secondary N) is 2. The number of hydrogen-bond donors (Lipinski definition) is 2. The zero-order valence-electron chi connectivity index (χ0n) is 9.63. The summed E-state index contributed by atoms with van der Waals surface area (Å²) in [7, 11) is 0. The molecule has 1 aliphatic heterocycles. The highest BCUT2D eigenvalue weighted by atomic mass is 16.2. The van der Waals surface area contributed by atoms with Crippen LogP contribution in [0.2, 0.25) is 0 Å². The smallest absolute Gasteiger partial charge is 0.225 e. The summed E-state index contributed by atoms with van der Waals surface area (Å²) in [5, 5.41) is 5.67. The van der Waals surface area contributed by atoms with Crippen LogP contribution in [-0.2, 0) is 9.59 Å². The maximum atomic E-state index is 11.7. The van der Waals surface area contributed by atoms with Crippen molar-refractivity contribution in [3.05, 3.63) is 0 Å². The van der Waals surface area contributed by atoms with E-state index in [9.17, 15) is 9.59 Å². The van der Waals surface area contributed by atoms with Crippen LogP contribution in [0, 0.1) is 11.8 Å². The average Bonchev–Trinajstić information content (AvgIpc) is 2.74. The van der Waals surface area contributed by atoms with Gasteiger partial charge in [-0.25, -0.2) is 0 Å². The second-order valence-corrected chi connectivity index (χ2v) is 4.95. The summed E-state index contributed by atoms with van der Waals surface area (Å²) in [4.78, 5) is 22.7. The molecule has 1 aliphatic carbocycles. The minimum absolute atomic E-state index is 0.00202. The van der Waals surface area contributed by atoms with E-state index in [1.807, 2.05) is 0 Å². The monoisotopic (exact) mass is 224 g/mol. The quantitative estimate of drug-likeness (QED) is 0.745. The van der Waals surface area contributed by atoms with Crippen molar-refractivity contribution in [1.29, 1.82) is 0 Å². The van der Waals surface area contributed by atoms with Crippen LogP contribution in [0.5, 0.6) is 0 Å². The predicted octanol–water partition coefficient (Wildman–Crippen LogP) is 0.819. The van der Waals surface area contributed by atoms with E-state index in [1.165, 1.54) is 32.1 Å². The van der Waals surface area contributed by atoms with E-state index < -0.39 is 0 Å². The van der Waals surface area contributed by atoms with Gasteiger partial charge in [0.2, 0.25) is 11.8 Å². The highest BCUT2D eigenvalue weighted by Gasteiger charge is 2.28. The molecule has 16 heavy (non-hydrogen) atoms. The van der Waals surface area contributed by atoms with Crippen LogP contribution in [0.15, 0.2) is 0 Å². The molecule has 2 amide bonds. The van der Waals surface area contributed by atoms with E-state index in [-0.39, 0.29) is 17.7 Å². The third-order valence-corrected chi connectivity index (χ3v) is 3.64. The van der Waals surface area contributed by atoms with Crippen molar-refractivity contribution < 1.29 is 9.59 Å². The van der Waals surface area contributed by atoms with E-state index in [1.54, 1.807) is 0 Å². The van der Waals surface area contributed by atoms with Crippen molar-refractivity contribution in [2.24, 2.45) is 11.8 Å². The van der Waals surface area contributed by atoms with Crippen LogP contribution in [0.3, 0.4) is 0 Å². The fourth-order valence-electron chi connectivity index (χ4n) is 2.57. The molecule has 4 heteroatoms. The second-order valence-electron chi connectivity index (χ2n) is 4.95. The van der Waals surface area contributed by atoms with E-state index in [4.69, 9.17) is 0 Å². The van der Waals surface area contributed by atoms with Crippen LogP contribution in [0.1, 0.15) is 38.5 Å². The Kier molecular flexibility index (Phi) is 3.80. The number of carbonyl (C=O) groups excluding carboxylic acids is 2. The largest absolute Gasteiger partial charge is 0.356 e. The Labute approximate surface area is 96.2 Å². The van der Waals surface area contributed by atoms with Gasteiger partial charge in [-0.15, -0.1) is 0 Å². The summed E-state index contributed by atoms with van der Waals surface area (Å²) in [5.74, 6) is 0.556. The third-order valence-electron chi connectivity index (χ3n) is 3.64. The predicted molar refractivity (Wildman–Crippen MR) is 60.7 cm³/mol. The zero-order valence-corrected chi connectivity index (χ0v) is 9.63. The highest BCUT2D eigenvalue weighted by Crippen LogP contribution is 2.22. The van der Waals surface area contributed by atoms with E-state index >= 15 is 0 Å². The lowest BCUT2D eigenvalue weighted by molar-refractivity contribution is -0.126. The molecule has 2 rings (SSSR count). The number of hydrogen-bond acceptors (Lipinski definition) is 2. The summed E-state index contributed by atoms with van der Waals surface area (Å²) < 4.78 is 0. The van der Waals surface area contributed by atoms with Crippen molar-refractivity contribution in [3.8, 4) is 0 Å². The molecule has 0 spiro atoms. The van der Waals surface area contributed by atoms with Crippen molar-refractivity contribution in [1.82, 2.24) is 10.6 Å². The lowest BCUT2D eigenvalue weighted by Gasteiger charge is -2.22. The van der Waals surface area contributed by atoms with E-state index in [0.717, 1.165) is 6.54 Å². The van der Waals surface area contributed by atoms with Crippen LogP contribution >= 0.6 is 0 Å². The molecule has 4 nitrogen and oxygen atoms in total. The van der Waals surface area contributed by atoms with Gasteiger partial charge in [-0.2, -0.15) is 0 Å². The van der Waals surface area contributed by atoms with Crippen LogP contribution in [0.25, 0.3) is 0 Å². The van der Waals surface area contributed by atoms with Gasteiger partial charge in [-0.3, -0.25) is 9.59 Å². The van der Waals surface area contributed by atoms with E-state index in [0.29, 0.717) is 18.9 Å². The highest BCUT2D eigenvalue weighted by molar-refractivity contribution is 5.89. The summed E-state index contributed by atoms with van der Waals surface area (Å²) in [5.41, 5.74) is 0. The van der Waals surface area contributed by atoms with Gasteiger partial charge in [0.1, 0.15) is 0 Å². The van der Waals surface area contributed by atoms with Crippen molar-refractivity contribution in [2.75, 3.05) is 13.1 Å². The Hall–Kier alpha value is -1.06. The summed E-state index contributed by atoms with van der Waals surface area (Å²) in [6.45, 7) is 1.30. The molecule has 0 aromatic carbocycles. The van der Waals surface area contributed by atoms with Gasteiger partial charge in [0.25, 0.3) is 0 Å². The molecule has 1 saturated heterocycles. The molecule has 1 atom stereocenters. The summed E-state index contributed by atoms with van der Waals surface area (Å²) in [6, 6.07) is 0. The Morgan fingerprint density at radius 1 is 1.31 bits per heavy atom.